The Labute approximate surface area is 169 Å². The van der Waals surface area contributed by atoms with E-state index in [4.69, 9.17) is 32.7 Å². The highest BCUT2D eigenvalue weighted by Crippen LogP contribution is 2.60. The Kier molecular flexibility index (Phi) is 5.83. The maximum absolute atomic E-state index is 12.5. The Morgan fingerprint density at radius 3 is 2.59 bits per heavy atom. The van der Waals surface area contributed by atoms with Gasteiger partial charge in [0.2, 0.25) is 0 Å². The first kappa shape index (κ1) is 19.8. The van der Waals surface area contributed by atoms with E-state index in [0.29, 0.717) is 0 Å². The molecule has 0 bridgehead atoms. The predicted octanol–water partition coefficient (Wildman–Crippen LogP) is 6.00. The topological polar surface area (TPSA) is 35.5 Å². The van der Waals surface area contributed by atoms with Crippen LogP contribution in [0.5, 0.6) is 5.75 Å². The van der Waals surface area contributed by atoms with E-state index in [1.807, 2.05) is 62.4 Å². The number of carbonyl (C=O) groups is 1. The van der Waals surface area contributed by atoms with E-state index in [1.54, 1.807) is 13.2 Å². The Hall–Kier alpha value is -1.97. The van der Waals surface area contributed by atoms with Crippen molar-refractivity contribution in [2.45, 2.75) is 20.5 Å². The van der Waals surface area contributed by atoms with E-state index >= 15 is 0 Å². The molecule has 2 aromatic carbocycles. The van der Waals surface area contributed by atoms with Crippen LogP contribution in [0.1, 0.15) is 19.4 Å². The van der Waals surface area contributed by atoms with Gasteiger partial charge < -0.3 is 9.47 Å². The van der Waals surface area contributed by atoms with Gasteiger partial charge in [-0.1, -0.05) is 73.4 Å². The monoisotopic (exact) mass is 404 g/mol. The summed E-state index contributed by atoms with van der Waals surface area (Å²) < 4.78 is 11.2. The maximum Gasteiger partial charge on any atom is 0.310 e. The summed E-state index contributed by atoms with van der Waals surface area (Å²) in [6, 6.07) is 15.7. The summed E-state index contributed by atoms with van der Waals surface area (Å²) in [6.45, 7) is 4.25. The molecule has 0 saturated heterocycles. The molecular weight excluding hydrogens is 383 g/mol. The molecule has 0 N–H and O–H groups in total. The first-order valence-electron chi connectivity index (χ1n) is 8.76. The molecule has 0 spiro atoms. The van der Waals surface area contributed by atoms with Crippen LogP contribution in [-0.2, 0) is 16.1 Å². The molecular formula is C22H22Cl2O3. The number of hydrogen-bond acceptors (Lipinski definition) is 3. The normalized spacial score (nSPS) is 19.9. The SMILES string of the molecule is COc1ccccc1-c1cccc(COC(=O)C2C(C=C(Cl)Cl)C2(C)C)c1. The fourth-order valence-electron chi connectivity index (χ4n) is 3.53. The van der Waals surface area contributed by atoms with E-state index in [-0.39, 0.29) is 34.3 Å². The fourth-order valence-corrected chi connectivity index (χ4v) is 3.80. The molecule has 2 aromatic rings. The van der Waals surface area contributed by atoms with Crippen molar-refractivity contribution >= 4 is 29.2 Å². The molecule has 1 fully saturated rings. The second-order valence-electron chi connectivity index (χ2n) is 7.29. The fraction of sp³-hybridized carbons (Fsp3) is 0.318. The number of hydrogen-bond donors (Lipinski definition) is 0. The number of ether oxygens (including phenoxy) is 2. The van der Waals surface area contributed by atoms with Gasteiger partial charge >= 0.3 is 5.97 Å². The van der Waals surface area contributed by atoms with E-state index in [9.17, 15) is 4.79 Å². The van der Waals surface area contributed by atoms with Gasteiger partial charge in [0, 0.05) is 5.56 Å². The van der Waals surface area contributed by atoms with Crippen molar-refractivity contribution in [1.29, 1.82) is 0 Å². The number of benzene rings is 2. The van der Waals surface area contributed by atoms with Crippen molar-refractivity contribution in [3.63, 3.8) is 0 Å². The number of allylic oxidation sites excluding steroid dienone is 1. The lowest BCUT2D eigenvalue weighted by molar-refractivity contribution is -0.147. The van der Waals surface area contributed by atoms with Crippen molar-refractivity contribution in [3.05, 3.63) is 64.7 Å². The number of esters is 1. The number of rotatable bonds is 6. The van der Waals surface area contributed by atoms with Gasteiger partial charge in [-0.25, -0.2) is 0 Å². The highest BCUT2D eigenvalue weighted by atomic mass is 35.5. The molecule has 1 aliphatic rings. The van der Waals surface area contributed by atoms with Gasteiger partial charge in [-0.2, -0.15) is 0 Å². The van der Waals surface area contributed by atoms with Crippen LogP contribution in [0.2, 0.25) is 0 Å². The summed E-state index contributed by atoms with van der Waals surface area (Å²) in [5.41, 5.74) is 2.75. The van der Waals surface area contributed by atoms with Gasteiger partial charge in [0.1, 0.15) is 16.8 Å². The van der Waals surface area contributed by atoms with Gasteiger partial charge in [0.15, 0.2) is 0 Å². The molecule has 27 heavy (non-hydrogen) atoms. The minimum atomic E-state index is -0.224. The zero-order valence-corrected chi connectivity index (χ0v) is 17.1. The Morgan fingerprint density at radius 1 is 1.15 bits per heavy atom. The van der Waals surface area contributed by atoms with Crippen LogP contribution in [0.15, 0.2) is 59.1 Å². The molecule has 5 heteroatoms. The van der Waals surface area contributed by atoms with Crippen molar-refractivity contribution < 1.29 is 14.3 Å². The molecule has 142 valence electrons. The van der Waals surface area contributed by atoms with Crippen molar-refractivity contribution in [2.75, 3.05) is 7.11 Å². The molecule has 3 nitrogen and oxygen atoms in total. The lowest BCUT2D eigenvalue weighted by Crippen LogP contribution is -2.10. The van der Waals surface area contributed by atoms with Crippen LogP contribution in [-0.4, -0.2) is 13.1 Å². The molecule has 1 saturated carbocycles. The standard InChI is InChI=1S/C22H22Cl2O3/c1-22(2)17(12-19(23)24)20(22)21(25)27-13-14-7-6-8-15(11-14)16-9-4-5-10-18(16)26-3/h4-12,17,20H,13H2,1-3H3. The Balaban J connectivity index is 1.69. The van der Waals surface area contributed by atoms with Crippen molar-refractivity contribution in [3.8, 4) is 16.9 Å². The molecule has 0 aromatic heterocycles. The molecule has 3 rings (SSSR count). The molecule has 0 radical (unpaired) electrons. The van der Waals surface area contributed by atoms with Crippen LogP contribution < -0.4 is 4.74 Å². The summed E-state index contributed by atoms with van der Waals surface area (Å²) >= 11 is 11.5. The van der Waals surface area contributed by atoms with E-state index < -0.39 is 0 Å². The predicted molar refractivity (Wildman–Crippen MR) is 109 cm³/mol. The van der Waals surface area contributed by atoms with E-state index in [0.717, 1.165) is 22.4 Å². The summed E-state index contributed by atoms with van der Waals surface area (Å²) in [5.74, 6) is 0.370. The minimum absolute atomic E-state index is 0.00918. The summed E-state index contributed by atoms with van der Waals surface area (Å²) in [5, 5.41) is 0. The highest BCUT2D eigenvalue weighted by Gasteiger charge is 2.61. The smallest absolute Gasteiger partial charge is 0.310 e. The average molecular weight is 405 g/mol. The third-order valence-electron chi connectivity index (χ3n) is 5.20. The van der Waals surface area contributed by atoms with Crippen LogP contribution in [0.3, 0.4) is 0 Å². The van der Waals surface area contributed by atoms with Gasteiger partial charge in [0.25, 0.3) is 0 Å². The molecule has 2 unspecified atom stereocenters. The second kappa shape index (κ2) is 7.95. The zero-order valence-electron chi connectivity index (χ0n) is 15.5. The lowest BCUT2D eigenvalue weighted by Gasteiger charge is -2.10. The lowest BCUT2D eigenvalue weighted by atomic mass is 10.0. The molecule has 0 heterocycles. The second-order valence-corrected chi connectivity index (χ2v) is 8.30. The van der Waals surface area contributed by atoms with Gasteiger partial charge in [-0.3, -0.25) is 4.79 Å². The Bertz CT molecular complexity index is 869. The third-order valence-corrected chi connectivity index (χ3v) is 5.45. The van der Waals surface area contributed by atoms with Crippen LogP contribution >= 0.6 is 23.2 Å². The first-order valence-corrected chi connectivity index (χ1v) is 9.52. The van der Waals surface area contributed by atoms with Gasteiger partial charge in [-0.05, 0) is 40.7 Å². The maximum atomic E-state index is 12.5. The molecule has 2 atom stereocenters. The highest BCUT2D eigenvalue weighted by molar-refractivity contribution is 6.55. The largest absolute Gasteiger partial charge is 0.496 e. The number of para-hydroxylation sites is 1. The Morgan fingerprint density at radius 2 is 1.89 bits per heavy atom. The van der Waals surface area contributed by atoms with Gasteiger partial charge in [0.05, 0.1) is 13.0 Å². The van der Waals surface area contributed by atoms with Gasteiger partial charge in [-0.15, -0.1) is 0 Å². The molecule has 0 amide bonds. The third kappa shape index (κ3) is 4.31. The molecule has 0 aliphatic heterocycles. The average Bonchev–Trinajstić information content (AvgIpc) is 3.19. The quantitative estimate of drug-likeness (QED) is 0.554. The van der Waals surface area contributed by atoms with E-state index in [2.05, 4.69) is 0 Å². The van der Waals surface area contributed by atoms with Crippen molar-refractivity contribution in [1.82, 2.24) is 0 Å². The number of carbonyl (C=O) groups excluding carboxylic acids is 1. The van der Waals surface area contributed by atoms with E-state index in [1.165, 1.54) is 0 Å². The number of halogens is 2. The molecule has 1 aliphatic carbocycles. The van der Waals surface area contributed by atoms with Crippen LogP contribution in [0, 0.1) is 17.3 Å². The minimum Gasteiger partial charge on any atom is -0.496 e. The zero-order chi connectivity index (χ0) is 19.6. The summed E-state index contributed by atoms with van der Waals surface area (Å²) in [7, 11) is 1.65. The number of methoxy groups -OCH3 is 1. The van der Waals surface area contributed by atoms with Crippen LogP contribution in [0.4, 0.5) is 0 Å². The summed E-state index contributed by atoms with van der Waals surface area (Å²) in [6.07, 6.45) is 1.72. The summed E-state index contributed by atoms with van der Waals surface area (Å²) in [4.78, 5) is 12.5. The van der Waals surface area contributed by atoms with Crippen molar-refractivity contribution in [2.24, 2.45) is 17.3 Å². The van der Waals surface area contributed by atoms with Crippen LogP contribution in [0.25, 0.3) is 11.1 Å². The first-order chi connectivity index (χ1) is 12.8.